The highest BCUT2D eigenvalue weighted by molar-refractivity contribution is 6.33. The standard InChI is InChI=1S/C31H34ClF3N4O2/c1-21-10-16-39(17-11-21)29-9-2-22(19-36-29)20-38-14-12-25(13-15-38)37-30(40)24-5-8-28(32)27(18-24)23-3-6-26(7-4-23)41-31(33,34)35/h2-9,18-19,21,25H,10-17,20H2,1H3,(H,37,40). The van der Waals surface area contributed by atoms with Crippen molar-refractivity contribution in [3.63, 3.8) is 0 Å². The lowest BCUT2D eigenvalue weighted by atomic mass is 9.99. The van der Waals surface area contributed by atoms with Gasteiger partial charge in [-0.25, -0.2) is 4.98 Å². The van der Waals surface area contributed by atoms with Crippen molar-refractivity contribution in [2.45, 2.75) is 51.6 Å². The van der Waals surface area contributed by atoms with Crippen molar-refractivity contribution >= 4 is 23.3 Å². The number of carbonyl (C=O) groups excluding carboxylic acids is 1. The minimum Gasteiger partial charge on any atom is -0.406 e. The molecule has 2 aliphatic rings. The molecule has 3 aromatic rings. The fourth-order valence-corrected chi connectivity index (χ4v) is 5.65. The van der Waals surface area contributed by atoms with Crippen molar-refractivity contribution in [1.29, 1.82) is 0 Å². The Morgan fingerprint density at radius 1 is 1.00 bits per heavy atom. The minimum absolute atomic E-state index is 0.0543. The number of halogens is 4. The number of hydrogen-bond acceptors (Lipinski definition) is 5. The van der Waals surface area contributed by atoms with Crippen LogP contribution < -0.4 is 15.0 Å². The van der Waals surface area contributed by atoms with E-state index >= 15 is 0 Å². The summed E-state index contributed by atoms with van der Waals surface area (Å²) in [5.41, 5.74) is 2.77. The SMILES string of the molecule is CC1CCN(c2ccc(CN3CCC(NC(=O)c4ccc(Cl)c(-c5ccc(OC(F)(F)F)cc5)c4)CC3)cn2)CC1. The molecule has 0 saturated carbocycles. The summed E-state index contributed by atoms with van der Waals surface area (Å²) in [5.74, 6) is 1.32. The summed E-state index contributed by atoms with van der Waals surface area (Å²) in [6.07, 6.45) is 1.32. The van der Waals surface area contributed by atoms with Crippen LogP contribution in [0.5, 0.6) is 5.75 Å². The average molecular weight is 587 g/mol. The van der Waals surface area contributed by atoms with Gasteiger partial charge in [0.25, 0.3) is 5.91 Å². The highest BCUT2D eigenvalue weighted by atomic mass is 35.5. The van der Waals surface area contributed by atoms with Gasteiger partial charge in [0.1, 0.15) is 11.6 Å². The first kappa shape index (κ1) is 29.2. The average Bonchev–Trinajstić information content (AvgIpc) is 2.95. The van der Waals surface area contributed by atoms with Gasteiger partial charge in [-0.2, -0.15) is 0 Å². The topological polar surface area (TPSA) is 57.7 Å². The number of amides is 1. The zero-order valence-electron chi connectivity index (χ0n) is 23.0. The van der Waals surface area contributed by atoms with E-state index in [0.29, 0.717) is 21.7 Å². The first-order valence-corrected chi connectivity index (χ1v) is 14.4. The first-order chi connectivity index (χ1) is 19.6. The maximum atomic E-state index is 13.0. The third-order valence-electron chi connectivity index (χ3n) is 7.87. The lowest BCUT2D eigenvalue weighted by molar-refractivity contribution is -0.274. The molecule has 0 spiro atoms. The first-order valence-electron chi connectivity index (χ1n) is 14.0. The maximum Gasteiger partial charge on any atom is 0.573 e. The molecule has 2 saturated heterocycles. The van der Waals surface area contributed by atoms with E-state index in [1.165, 1.54) is 42.7 Å². The van der Waals surface area contributed by atoms with E-state index in [-0.39, 0.29) is 17.7 Å². The molecule has 0 bridgehead atoms. The van der Waals surface area contributed by atoms with Crippen molar-refractivity contribution in [3.05, 3.63) is 76.9 Å². The molecule has 3 heterocycles. The van der Waals surface area contributed by atoms with Gasteiger partial charge in [-0.3, -0.25) is 9.69 Å². The molecule has 2 aromatic carbocycles. The fraction of sp³-hybridized carbons (Fsp3) is 0.419. The number of aromatic nitrogens is 1. The Morgan fingerprint density at radius 3 is 2.34 bits per heavy atom. The van der Waals surface area contributed by atoms with Crippen LogP contribution in [0.4, 0.5) is 19.0 Å². The number of alkyl halides is 3. The van der Waals surface area contributed by atoms with Gasteiger partial charge in [0.05, 0.1) is 0 Å². The zero-order chi connectivity index (χ0) is 29.0. The van der Waals surface area contributed by atoms with E-state index in [2.05, 4.69) is 38.9 Å². The van der Waals surface area contributed by atoms with Gasteiger partial charge >= 0.3 is 6.36 Å². The molecule has 0 atom stereocenters. The van der Waals surface area contributed by atoms with Crippen LogP contribution in [0.15, 0.2) is 60.8 Å². The Bertz CT molecular complexity index is 1320. The highest BCUT2D eigenvalue weighted by Gasteiger charge is 2.31. The van der Waals surface area contributed by atoms with Crippen LogP contribution in [0.2, 0.25) is 5.02 Å². The van der Waals surface area contributed by atoms with E-state index in [1.54, 1.807) is 18.2 Å². The lowest BCUT2D eigenvalue weighted by Gasteiger charge is -2.33. The molecule has 10 heteroatoms. The van der Waals surface area contributed by atoms with Crippen molar-refractivity contribution in [2.24, 2.45) is 5.92 Å². The number of carbonyl (C=O) groups is 1. The van der Waals surface area contributed by atoms with Crippen molar-refractivity contribution in [1.82, 2.24) is 15.2 Å². The predicted molar refractivity (Wildman–Crippen MR) is 154 cm³/mol. The van der Waals surface area contributed by atoms with Crippen LogP contribution in [0.1, 0.15) is 48.5 Å². The molecular formula is C31H34ClF3N4O2. The second-order valence-corrected chi connectivity index (χ2v) is 11.4. The van der Waals surface area contributed by atoms with Crippen molar-refractivity contribution < 1.29 is 22.7 Å². The summed E-state index contributed by atoms with van der Waals surface area (Å²) in [7, 11) is 0. The van der Waals surface area contributed by atoms with Gasteiger partial charge in [0, 0.05) is 61.1 Å². The number of likely N-dealkylation sites (tertiary alicyclic amines) is 1. The normalized spacial score (nSPS) is 17.4. The van der Waals surface area contributed by atoms with E-state index < -0.39 is 6.36 Å². The van der Waals surface area contributed by atoms with Gasteiger partial charge < -0.3 is 15.0 Å². The summed E-state index contributed by atoms with van der Waals surface area (Å²) in [6, 6.07) is 14.7. The highest BCUT2D eigenvalue weighted by Crippen LogP contribution is 2.32. The number of rotatable bonds is 7. The van der Waals surface area contributed by atoms with Gasteiger partial charge in [0.15, 0.2) is 0 Å². The van der Waals surface area contributed by atoms with Crippen molar-refractivity contribution in [2.75, 3.05) is 31.1 Å². The number of nitrogens with zero attached hydrogens (tertiary/aromatic N) is 3. The van der Waals surface area contributed by atoms with Gasteiger partial charge in [-0.1, -0.05) is 36.7 Å². The minimum atomic E-state index is -4.76. The Morgan fingerprint density at radius 2 is 1.71 bits per heavy atom. The monoisotopic (exact) mass is 586 g/mol. The molecular weight excluding hydrogens is 553 g/mol. The number of anilines is 1. The molecule has 0 radical (unpaired) electrons. The van der Waals surface area contributed by atoms with Crippen LogP contribution >= 0.6 is 11.6 Å². The Hall–Kier alpha value is -3.30. The van der Waals surface area contributed by atoms with Gasteiger partial charge in [-0.15, -0.1) is 13.2 Å². The molecule has 2 aliphatic heterocycles. The van der Waals surface area contributed by atoms with Crippen LogP contribution in [-0.4, -0.2) is 54.4 Å². The zero-order valence-corrected chi connectivity index (χ0v) is 23.7. The summed E-state index contributed by atoms with van der Waals surface area (Å²) in [5, 5.41) is 3.52. The number of piperidine rings is 2. The molecule has 1 amide bonds. The molecule has 218 valence electrons. The summed E-state index contributed by atoms with van der Waals surface area (Å²) in [4.78, 5) is 22.5. The summed E-state index contributed by atoms with van der Waals surface area (Å²) in [6.45, 7) is 7.01. The largest absolute Gasteiger partial charge is 0.573 e. The third-order valence-corrected chi connectivity index (χ3v) is 8.20. The lowest BCUT2D eigenvalue weighted by Crippen LogP contribution is -2.44. The Labute approximate surface area is 243 Å². The number of benzene rings is 2. The van der Waals surface area contributed by atoms with Crippen LogP contribution in [0.3, 0.4) is 0 Å². The van der Waals surface area contributed by atoms with E-state index in [4.69, 9.17) is 16.6 Å². The molecule has 41 heavy (non-hydrogen) atoms. The fourth-order valence-electron chi connectivity index (χ4n) is 5.42. The molecule has 5 rings (SSSR count). The number of pyridine rings is 1. The van der Waals surface area contributed by atoms with E-state index in [9.17, 15) is 18.0 Å². The Kier molecular flexibility index (Phi) is 9.04. The smallest absolute Gasteiger partial charge is 0.406 e. The van der Waals surface area contributed by atoms with Crippen LogP contribution in [-0.2, 0) is 6.54 Å². The molecule has 2 fully saturated rings. The second kappa shape index (κ2) is 12.7. The van der Waals surface area contributed by atoms with E-state index in [1.807, 2.05) is 6.20 Å². The molecule has 0 aliphatic carbocycles. The molecule has 6 nitrogen and oxygen atoms in total. The van der Waals surface area contributed by atoms with Gasteiger partial charge in [0.2, 0.25) is 0 Å². The second-order valence-electron chi connectivity index (χ2n) is 11.0. The predicted octanol–water partition coefficient (Wildman–Crippen LogP) is 6.93. The van der Waals surface area contributed by atoms with Crippen molar-refractivity contribution in [3.8, 4) is 16.9 Å². The van der Waals surface area contributed by atoms with E-state index in [0.717, 1.165) is 57.3 Å². The maximum absolute atomic E-state index is 13.0. The van der Waals surface area contributed by atoms with Crippen LogP contribution in [0.25, 0.3) is 11.1 Å². The number of nitrogens with one attached hydrogen (secondary N) is 1. The number of ether oxygens (including phenoxy) is 1. The van der Waals surface area contributed by atoms with Crippen LogP contribution in [0, 0.1) is 5.92 Å². The molecule has 0 unspecified atom stereocenters. The summed E-state index contributed by atoms with van der Waals surface area (Å²) >= 11 is 6.35. The third kappa shape index (κ3) is 7.92. The van der Waals surface area contributed by atoms with Gasteiger partial charge in [-0.05, 0) is 79.1 Å². The molecule has 1 N–H and O–H groups in total. The number of hydrogen-bond donors (Lipinski definition) is 1. The summed E-state index contributed by atoms with van der Waals surface area (Å²) < 4.78 is 41.3. The Balaban J connectivity index is 1.12. The molecule has 1 aromatic heterocycles. The quantitative estimate of drug-likeness (QED) is 0.325.